The van der Waals surface area contributed by atoms with E-state index in [-0.39, 0.29) is 18.4 Å². The lowest BCUT2D eigenvalue weighted by atomic mass is 10.1. The number of hydrogen-bond acceptors (Lipinski definition) is 2. The summed E-state index contributed by atoms with van der Waals surface area (Å²) in [5, 5.41) is 13.6. The van der Waals surface area contributed by atoms with Crippen molar-refractivity contribution in [3.05, 3.63) is 33.8 Å². The Balaban J connectivity index is 1.91. The van der Waals surface area contributed by atoms with Crippen molar-refractivity contribution in [3.63, 3.8) is 0 Å². The van der Waals surface area contributed by atoms with Crippen LogP contribution in [0, 0.1) is 11.8 Å². The first kappa shape index (κ1) is 13.7. The van der Waals surface area contributed by atoms with Crippen LogP contribution < -0.4 is 5.32 Å². The minimum absolute atomic E-state index is 0.00896. The Hall–Kier alpha value is -0.770. The number of amides is 1. The van der Waals surface area contributed by atoms with E-state index in [2.05, 4.69) is 5.32 Å². The van der Waals surface area contributed by atoms with Crippen molar-refractivity contribution in [3.8, 4) is 0 Å². The van der Waals surface area contributed by atoms with E-state index in [0.717, 1.165) is 6.42 Å². The third-order valence-corrected chi connectivity index (χ3v) is 3.62. The van der Waals surface area contributed by atoms with Gasteiger partial charge in [-0.15, -0.1) is 0 Å². The summed E-state index contributed by atoms with van der Waals surface area (Å²) in [7, 11) is 0. The van der Waals surface area contributed by atoms with Crippen LogP contribution in [0.25, 0.3) is 0 Å². The minimum atomic E-state index is -0.792. The average Bonchev–Trinajstić information content (AvgIpc) is 3.01. The first-order valence-corrected chi connectivity index (χ1v) is 6.64. The molecule has 0 aromatic heterocycles. The zero-order valence-electron chi connectivity index (χ0n) is 9.99. The van der Waals surface area contributed by atoms with Crippen LogP contribution >= 0.6 is 23.2 Å². The van der Waals surface area contributed by atoms with Gasteiger partial charge < -0.3 is 10.4 Å². The van der Waals surface area contributed by atoms with Gasteiger partial charge in [0.1, 0.15) is 0 Å². The van der Waals surface area contributed by atoms with Crippen molar-refractivity contribution in [1.29, 1.82) is 0 Å². The smallest absolute Gasteiger partial charge is 0.223 e. The number of hydrogen-bond donors (Lipinski definition) is 2. The second-order valence-electron chi connectivity index (χ2n) is 4.78. The Morgan fingerprint density at radius 3 is 2.50 bits per heavy atom. The molecule has 0 aliphatic heterocycles. The topological polar surface area (TPSA) is 49.3 Å². The molecular formula is C13H15Cl2NO2. The van der Waals surface area contributed by atoms with Gasteiger partial charge in [-0.25, -0.2) is 0 Å². The molecule has 1 aliphatic carbocycles. The van der Waals surface area contributed by atoms with Crippen LogP contribution in [0.4, 0.5) is 0 Å². The Morgan fingerprint density at radius 1 is 1.44 bits per heavy atom. The van der Waals surface area contributed by atoms with Gasteiger partial charge in [0.15, 0.2) is 0 Å². The van der Waals surface area contributed by atoms with E-state index >= 15 is 0 Å². The minimum Gasteiger partial charge on any atom is -0.387 e. The molecule has 5 heteroatoms. The number of carbonyl (C=O) groups excluding carboxylic acids is 1. The summed E-state index contributed by atoms with van der Waals surface area (Å²) in [6.07, 6.45) is 0.143. The predicted octanol–water partition coefficient (Wildman–Crippen LogP) is 2.80. The van der Waals surface area contributed by atoms with E-state index in [4.69, 9.17) is 23.2 Å². The van der Waals surface area contributed by atoms with Crippen molar-refractivity contribution >= 4 is 29.1 Å². The quantitative estimate of drug-likeness (QED) is 0.895. The third-order valence-electron chi connectivity index (χ3n) is 3.19. The molecule has 18 heavy (non-hydrogen) atoms. The van der Waals surface area contributed by atoms with Crippen LogP contribution in [0.3, 0.4) is 0 Å². The summed E-state index contributed by atoms with van der Waals surface area (Å²) < 4.78 is 0. The molecule has 1 aromatic rings. The predicted molar refractivity (Wildman–Crippen MR) is 71.7 cm³/mol. The van der Waals surface area contributed by atoms with E-state index in [1.807, 2.05) is 6.92 Å². The average molecular weight is 288 g/mol. The molecule has 1 aliphatic rings. The van der Waals surface area contributed by atoms with Gasteiger partial charge in [-0.3, -0.25) is 4.79 Å². The van der Waals surface area contributed by atoms with Crippen LogP contribution in [-0.2, 0) is 4.79 Å². The monoisotopic (exact) mass is 287 g/mol. The SMILES string of the molecule is C[C@@H]1C[C@H]1C(=O)NC[C@@H](O)c1cc(Cl)cc(Cl)c1. The van der Waals surface area contributed by atoms with E-state index < -0.39 is 6.10 Å². The molecule has 0 spiro atoms. The van der Waals surface area contributed by atoms with Crippen molar-refractivity contribution < 1.29 is 9.90 Å². The maximum atomic E-state index is 11.6. The number of benzene rings is 1. The molecule has 98 valence electrons. The van der Waals surface area contributed by atoms with E-state index in [1.165, 1.54) is 0 Å². The maximum absolute atomic E-state index is 11.6. The summed E-state index contributed by atoms with van der Waals surface area (Å²) in [4.78, 5) is 11.6. The van der Waals surface area contributed by atoms with Crippen molar-refractivity contribution in [2.24, 2.45) is 11.8 Å². The highest BCUT2D eigenvalue weighted by atomic mass is 35.5. The van der Waals surface area contributed by atoms with Crippen molar-refractivity contribution in [2.75, 3.05) is 6.54 Å². The Labute approximate surface area is 116 Å². The van der Waals surface area contributed by atoms with E-state index in [9.17, 15) is 9.90 Å². The molecular weight excluding hydrogens is 273 g/mol. The molecule has 0 radical (unpaired) electrons. The molecule has 1 aromatic carbocycles. The van der Waals surface area contributed by atoms with E-state index in [1.54, 1.807) is 18.2 Å². The fraction of sp³-hybridized carbons (Fsp3) is 0.462. The fourth-order valence-corrected chi connectivity index (χ4v) is 2.44. The van der Waals surface area contributed by atoms with Crippen LogP contribution in [0.2, 0.25) is 10.0 Å². The van der Waals surface area contributed by atoms with Crippen LogP contribution in [0.1, 0.15) is 25.0 Å². The highest BCUT2D eigenvalue weighted by molar-refractivity contribution is 6.34. The van der Waals surface area contributed by atoms with Crippen LogP contribution in [0.5, 0.6) is 0 Å². The molecule has 0 bridgehead atoms. The zero-order valence-corrected chi connectivity index (χ0v) is 11.5. The van der Waals surface area contributed by atoms with Gasteiger partial charge in [-0.05, 0) is 36.1 Å². The number of aliphatic hydroxyl groups excluding tert-OH is 1. The summed E-state index contributed by atoms with van der Waals surface area (Å²) in [6, 6.07) is 4.89. The number of aliphatic hydroxyl groups is 1. The fourth-order valence-electron chi connectivity index (χ4n) is 1.90. The van der Waals surface area contributed by atoms with Gasteiger partial charge in [0.2, 0.25) is 5.91 Å². The molecule has 0 heterocycles. The lowest BCUT2D eigenvalue weighted by Crippen LogP contribution is -2.30. The Kier molecular flexibility index (Phi) is 4.15. The van der Waals surface area contributed by atoms with Crippen LogP contribution in [0.15, 0.2) is 18.2 Å². The lowest BCUT2D eigenvalue weighted by Gasteiger charge is -2.13. The third kappa shape index (κ3) is 3.37. The lowest BCUT2D eigenvalue weighted by molar-refractivity contribution is -0.123. The van der Waals surface area contributed by atoms with E-state index in [0.29, 0.717) is 21.5 Å². The largest absolute Gasteiger partial charge is 0.387 e. The van der Waals surface area contributed by atoms with Crippen LogP contribution in [-0.4, -0.2) is 17.6 Å². The summed E-state index contributed by atoms with van der Waals surface area (Å²) in [5.74, 6) is 0.581. The highest BCUT2D eigenvalue weighted by Crippen LogP contribution is 2.37. The Morgan fingerprint density at radius 2 is 2.00 bits per heavy atom. The molecule has 3 nitrogen and oxygen atoms in total. The Bertz CT molecular complexity index is 444. The van der Waals surface area contributed by atoms with Gasteiger partial charge in [0.05, 0.1) is 6.10 Å². The normalized spacial score (nSPS) is 23.6. The number of halogens is 2. The van der Waals surface area contributed by atoms with Gasteiger partial charge >= 0.3 is 0 Å². The second kappa shape index (κ2) is 5.47. The van der Waals surface area contributed by atoms with Gasteiger partial charge in [0.25, 0.3) is 0 Å². The number of carbonyl (C=O) groups is 1. The van der Waals surface area contributed by atoms with Crippen molar-refractivity contribution in [1.82, 2.24) is 5.32 Å². The number of nitrogens with one attached hydrogen (secondary N) is 1. The highest BCUT2D eigenvalue weighted by Gasteiger charge is 2.38. The first-order valence-electron chi connectivity index (χ1n) is 5.89. The maximum Gasteiger partial charge on any atom is 0.223 e. The van der Waals surface area contributed by atoms with Crippen molar-refractivity contribution in [2.45, 2.75) is 19.4 Å². The molecule has 0 saturated heterocycles. The summed E-state index contributed by atoms with van der Waals surface area (Å²) in [5.41, 5.74) is 0.608. The first-order chi connectivity index (χ1) is 8.47. The van der Waals surface area contributed by atoms with Gasteiger partial charge in [-0.2, -0.15) is 0 Å². The zero-order chi connectivity index (χ0) is 13.3. The standard InChI is InChI=1S/C13H15Cl2NO2/c1-7-2-11(7)13(18)16-6-12(17)8-3-9(14)5-10(15)4-8/h3-5,7,11-12,17H,2,6H2,1H3,(H,16,18)/t7-,11-,12-/m1/s1. The summed E-state index contributed by atoms with van der Waals surface area (Å²) >= 11 is 11.7. The molecule has 2 N–H and O–H groups in total. The van der Waals surface area contributed by atoms with Gasteiger partial charge in [-0.1, -0.05) is 30.1 Å². The molecule has 1 fully saturated rings. The van der Waals surface area contributed by atoms with Gasteiger partial charge in [0, 0.05) is 22.5 Å². The molecule has 0 unspecified atom stereocenters. The molecule has 1 saturated carbocycles. The second-order valence-corrected chi connectivity index (χ2v) is 5.66. The number of rotatable bonds is 4. The molecule has 2 rings (SSSR count). The molecule has 1 amide bonds. The summed E-state index contributed by atoms with van der Waals surface area (Å²) in [6.45, 7) is 2.22. The molecule has 3 atom stereocenters.